The predicted octanol–water partition coefficient (Wildman–Crippen LogP) is 3.10. The Labute approximate surface area is 125 Å². The van der Waals surface area contributed by atoms with Crippen molar-refractivity contribution in [2.24, 2.45) is 16.8 Å². The van der Waals surface area contributed by atoms with E-state index in [2.05, 4.69) is 17.4 Å². The van der Waals surface area contributed by atoms with Crippen LogP contribution in [-0.2, 0) is 6.54 Å². The molecule has 0 bridgehead atoms. The molecule has 0 aromatic heterocycles. The Bertz CT molecular complexity index is 490. The molecule has 1 aromatic carbocycles. The summed E-state index contributed by atoms with van der Waals surface area (Å²) < 4.78 is 0. The number of benzene rings is 1. The zero-order chi connectivity index (χ0) is 14.5. The van der Waals surface area contributed by atoms with Crippen LogP contribution in [-0.4, -0.2) is 17.1 Å². The average molecular weight is 296 g/mol. The van der Waals surface area contributed by atoms with Gasteiger partial charge in [-0.1, -0.05) is 48.7 Å². The number of nitrogens with zero attached hydrogens (tertiary/aromatic N) is 1. The molecule has 4 N–H and O–H groups in total. The van der Waals surface area contributed by atoms with Gasteiger partial charge < -0.3 is 16.3 Å². The number of amidine groups is 1. The van der Waals surface area contributed by atoms with Crippen molar-refractivity contribution in [1.82, 2.24) is 5.32 Å². The number of hydrogen-bond acceptors (Lipinski definition) is 3. The van der Waals surface area contributed by atoms with E-state index in [1.807, 2.05) is 12.1 Å². The second kappa shape index (κ2) is 6.95. The van der Waals surface area contributed by atoms with Crippen LogP contribution in [0.2, 0.25) is 5.02 Å². The molecule has 4 nitrogen and oxygen atoms in total. The first-order chi connectivity index (χ1) is 9.60. The Kier molecular flexibility index (Phi) is 5.26. The molecule has 2 unspecified atom stereocenters. The molecule has 2 atom stereocenters. The Morgan fingerprint density at radius 3 is 2.95 bits per heavy atom. The van der Waals surface area contributed by atoms with Crippen molar-refractivity contribution in [2.45, 2.75) is 45.2 Å². The SMILES string of the molecule is CC1CCCC(NCc2ccc(/C(N)=N/O)cc2Cl)C1. The van der Waals surface area contributed by atoms with Crippen molar-refractivity contribution in [3.8, 4) is 0 Å². The van der Waals surface area contributed by atoms with Crippen LogP contribution in [0.3, 0.4) is 0 Å². The lowest BCUT2D eigenvalue weighted by Gasteiger charge is -2.27. The fraction of sp³-hybridized carbons (Fsp3) is 0.533. The van der Waals surface area contributed by atoms with Crippen LogP contribution in [0.5, 0.6) is 0 Å². The molecule has 2 rings (SSSR count). The lowest BCUT2D eigenvalue weighted by molar-refractivity contribution is 0.300. The summed E-state index contributed by atoms with van der Waals surface area (Å²) >= 11 is 6.24. The number of oxime groups is 1. The minimum absolute atomic E-state index is 0.0764. The zero-order valence-electron chi connectivity index (χ0n) is 11.8. The van der Waals surface area contributed by atoms with Crippen LogP contribution in [0.4, 0.5) is 0 Å². The highest BCUT2D eigenvalue weighted by atomic mass is 35.5. The summed E-state index contributed by atoms with van der Waals surface area (Å²) in [6.45, 7) is 3.07. The van der Waals surface area contributed by atoms with Crippen LogP contribution in [0, 0.1) is 5.92 Å². The molecule has 1 aliphatic carbocycles. The summed E-state index contributed by atoms with van der Waals surface area (Å²) in [5, 5.41) is 15.9. The predicted molar refractivity (Wildman–Crippen MR) is 82.2 cm³/mol. The monoisotopic (exact) mass is 295 g/mol. The molecule has 5 heteroatoms. The van der Waals surface area contributed by atoms with Gasteiger partial charge in [0.1, 0.15) is 0 Å². The van der Waals surface area contributed by atoms with Crippen LogP contribution in [0.1, 0.15) is 43.7 Å². The van der Waals surface area contributed by atoms with E-state index in [9.17, 15) is 0 Å². The highest BCUT2D eigenvalue weighted by Gasteiger charge is 2.18. The van der Waals surface area contributed by atoms with Gasteiger partial charge in [-0.3, -0.25) is 0 Å². The first-order valence-electron chi connectivity index (χ1n) is 7.10. The second-order valence-corrected chi connectivity index (χ2v) is 6.05. The van der Waals surface area contributed by atoms with Gasteiger partial charge in [0.25, 0.3) is 0 Å². The van der Waals surface area contributed by atoms with Crippen molar-refractivity contribution >= 4 is 17.4 Å². The minimum atomic E-state index is 0.0764. The maximum absolute atomic E-state index is 8.65. The average Bonchev–Trinajstić information content (AvgIpc) is 2.45. The summed E-state index contributed by atoms with van der Waals surface area (Å²) in [6, 6.07) is 6.06. The van der Waals surface area contributed by atoms with E-state index >= 15 is 0 Å². The molecule has 20 heavy (non-hydrogen) atoms. The molecular weight excluding hydrogens is 274 g/mol. The Morgan fingerprint density at radius 1 is 1.50 bits per heavy atom. The summed E-state index contributed by atoms with van der Waals surface area (Å²) in [5.74, 6) is 0.882. The van der Waals surface area contributed by atoms with E-state index in [-0.39, 0.29) is 5.84 Å². The third-order valence-corrected chi connectivity index (χ3v) is 4.33. The van der Waals surface area contributed by atoms with E-state index in [4.69, 9.17) is 22.5 Å². The Balaban J connectivity index is 1.96. The third kappa shape index (κ3) is 3.87. The normalized spacial score (nSPS) is 23.8. The van der Waals surface area contributed by atoms with E-state index in [1.54, 1.807) is 6.07 Å². The standard InChI is InChI=1S/C15H22ClN3O/c1-10-3-2-4-13(7-10)18-9-12-6-5-11(8-14(12)16)15(17)19-20/h5-6,8,10,13,18,20H,2-4,7,9H2,1H3,(H2,17,19). The van der Waals surface area contributed by atoms with Crippen LogP contribution < -0.4 is 11.1 Å². The second-order valence-electron chi connectivity index (χ2n) is 5.64. The molecule has 1 aliphatic rings. The van der Waals surface area contributed by atoms with Gasteiger partial charge in [0, 0.05) is 23.2 Å². The fourth-order valence-corrected chi connectivity index (χ4v) is 3.03. The van der Waals surface area contributed by atoms with Gasteiger partial charge in [0.2, 0.25) is 0 Å². The first-order valence-corrected chi connectivity index (χ1v) is 7.47. The third-order valence-electron chi connectivity index (χ3n) is 3.97. The molecule has 0 spiro atoms. The summed E-state index contributed by atoms with van der Waals surface area (Å²) in [5.41, 5.74) is 7.22. The number of halogens is 1. The molecule has 1 fully saturated rings. The lowest BCUT2D eigenvalue weighted by Crippen LogP contribution is -2.33. The topological polar surface area (TPSA) is 70.6 Å². The summed E-state index contributed by atoms with van der Waals surface area (Å²) in [4.78, 5) is 0. The highest BCUT2D eigenvalue weighted by molar-refractivity contribution is 6.31. The van der Waals surface area contributed by atoms with E-state index in [0.29, 0.717) is 16.6 Å². The van der Waals surface area contributed by atoms with Crippen molar-refractivity contribution < 1.29 is 5.21 Å². The van der Waals surface area contributed by atoms with Crippen LogP contribution >= 0.6 is 11.6 Å². The smallest absolute Gasteiger partial charge is 0.170 e. The van der Waals surface area contributed by atoms with Crippen LogP contribution in [0.25, 0.3) is 0 Å². The molecule has 0 heterocycles. The number of nitrogens with two attached hydrogens (primary N) is 1. The molecule has 0 amide bonds. The van der Waals surface area contributed by atoms with Gasteiger partial charge in [-0.25, -0.2) is 0 Å². The first kappa shape index (κ1) is 15.1. The van der Waals surface area contributed by atoms with E-state index in [0.717, 1.165) is 18.0 Å². The molecule has 0 aliphatic heterocycles. The fourth-order valence-electron chi connectivity index (χ4n) is 2.78. The van der Waals surface area contributed by atoms with Gasteiger partial charge in [0.05, 0.1) is 0 Å². The number of hydrogen-bond donors (Lipinski definition) is 3. The maximum atomic E-state index is 8.65. The van der Waals surface area contributed by atoms with Gasteiger partial charge >= 0.3 is 0 Å². The quantitative estimate of drug-likeness (QED) is 0.346. The van der Waals surface area contributed by atoms with Crippen molar-refractivity contribution in [3.63, 3.8) is 0 Å². The minimum Gasteiger partial charge on any atom is -0.409 e. The van der Waals surface area contributed by atoms with Gasteiger partial charge in [-0.15, -0.1) is 0 Å². The van der Waals surface area contributed by atoms with E-state index in [1.165, 1.54) is 25.7 Å². The lowest BCUT2D eigenvalue weighted by atomic mass is 9.87. The van der Waals surface area contributed by atoms with Crippen molar-refractivity contribution in [2.75, 3.05) is 0 Å². The van der Waals surface area contributed by atoms with Gasteiger partial charge in [0.15, 0.2) is 5.84 Å². The largest absolute Gasteiger partial charge is 0.409 e. The van der Waals surface area contributed by atoms with E-state index < -0.39 is 0 Å². The number of nitrogens with one attached hydrogen (secondary N) is 1. The van der Waals surface area contributed by atoms with Gasteiger partial charge in [-0.05, 0) is 30.4 Å². The Morgan fingerprint density at radius 2 is 2.30 bits per heavy atom. The highest BCUT2D eigenvalue weighted by Crippen LogP contribution is 2.24. The molecule has 0 saturated heterocycles. The summed E-state index contributed by atoms with van der Waals surface area (Å²) in [6.07, 6.45) is 5.12. The zero-order valence-corrected chi connectivity index (χ0v) is 12.5. The van der Waals surface area contributed by atoms with Crippen molar-refractivity contribution in [3.05, 3.63) is 34.3 Å². The number of rotatable bonds is 4. The maximum Gasteiger partial charge on any atom is 0.170 e. The van der Waals surface area contributed by atoms with Crippen molar-refractivity contribution in [1.29, 1.82) is 0 Å². The molecule has 110 valence electrons. The van der Waals surface area contributed by atoms with Gasteiger partial charge in [-0.2, -0.15) is 0 Å². The Hall–Kier alpha value is -1.26. The molecule has 0 radical (unpaired) electrons. The molecule has 1 aromatic rings. The molecule has 1 saturated carbocycles. The molecular formula is C15H22ClN3O. The van der Waals surface area contributed by atoms with Crippen LogP contribution in [0.15, 0.2) is 23.4 Å². The summed E-state index contributed by atoms with van der Waals surface area (Å²) in [7, 11) is 0.